The monoisotopic (exact) mass is 292 g/mol. The average molecular weight is 292 g/mol. The van der Waals surface area contributed by atoms with Crippen molar-refractivity contribution in [2.24, 2.45) is 5.22 Å². The van der Waals surface area contributed by atoms with E-state index in [1.54, 1.807) is 0 Å². The first kappa shape index (κ1) is 14.1. The molecule has 22 heavy (non-hydrogen) atoms. The standard InChI is InChI=1S/C14H13BN6O/c1-21(2)7-3-4-8-10(5-7)17-13-9(14(22)19-20-16)6-11(15)18-12(8)13/h3-6,17H,1-2H3,(H2,16,19,22). The van der Waals surface area contributed by atoms with Crippen LogP contribution >= 0.6 is 0 Å². The van der Waals surface area contributed by atoms with Gasteiger partial charge in [-0.1, -0.05) is 5.22 Å². The number of hydrogen-bond donors (Lipinski definition) is 3. The summed E-state index contributed by atoms with van der Waals surface area (Å²) >= 11 is 0. The number of hydrogen-bond acceptors (Lipinski definition) is 5. The Hall–Kier alpha value is -2.90. The molecule has 3 rings (SSSR count). The van der Waals surface area contributed by atoms with E-state index in [2.05, 4.69) is 20.6 Å². The number of pyridine rings is 1. The van der Waals surface area contributed by atoms with Crippen LogP contribution in [0.15, 0.2) is 29.5 Å². The highest BCUT2D eigenvalue weighted by atomic mass is 16.2. The molecule has 0 fully saturated rings. The van der Waals surface area contributed by atoms with Crippen molar-refractivity contribution in [2.75, 3.05) is 19.0 Å². The zero-order valence-electron chi connectivity index (χ0n) is 12.1. The van der Waals surface area contributed by atoms with Crippen molar-refractivity contribution in [1.82, 2.24) is 15.4 Å². The van der Waals surface area contributed by atoms with Crippen LogP contribution in [0, 0.1) is 5.53 Å². The molecule has 3 N–H and O–H groups in total. The average Bonchev–Trinajstić information content (AvgIpc) is 2.84. The van der Waals surface area contributed by atoms with E-state index in [0.29, 0.717) is 16.6 Å². The maximum Gasteiger partial charge on any atom is 0.274 e. The highest BCUT2D eigenvalue weighted by Gasteiger charge is 2.16. The van der Waals surface area contributed by atoms with Gasteiger partial charge in [-0.2, -0.15) is 5.53 Å². The summed E-state index contributed by atoms with van der Waals surface area (Å²) in [6.07, 6.45) is 0. The maximum atomic E-state index is 12.0. The Kier molecular flexibility index (Phi) is 3.28. The van der Waals surface area contributed by atoms with Gasteiger partial charge in [0.05, 0.1) is 22.1 Å². The largest absolute Gasteiger partial charge is 0.378 e. The van der Waals surface area contributed by atoms with Gasteiger partial charge in [-0.05, 0) is 29.9 Å². The van der Waals surface area contributed by atoms with Crippen molar-refractivity contribution in [3.63, 3.8) is 0 Å². The number of aromatic nitrogens is 2. The molecular weight excluding hydrogens is 279 g/mol. The Morgan fingerprint density at radius 3 is 2.86 bits per heavy atom. The third-order valence-corrected chi connectivity index (χ3v) is 3.48. The molecule has 0 saturated carbocycles. The third kappa shape index (κ3) is 2.18. The van der Waals surface area contributed by atoms with E-state index >= 15 is 0 Å². The second-order valence-electron chi connectivity index (χ2n) is 5.12. The molecule has 0 aliphatic rings. The molecule has 8 heteroatoms. The molecule has 0 spiro atoms. The first-order chi connectivity index (χ1) is 10.5. The molecule has 3 aromatic rings. The van der Waals surface area contributed by atoms with Crippen molar-refractivity contribution in [1.29, 1.82) is 5.53 Å². The third-order valence-electron chi connectivity index (χ3n) is 3.48. The fourth-order valence-corrected chi connectivity index (χ4v) is 2.43. The molecule has 108 valence electrons. The molecule has 0 aliphatic carbocycles. The van der Waals surface area contributed by atoms with E-state index in [1.807, 2.05) is 37.2 Å². The lowest BCUT2D eigenvalue weighted by Crippen LogP contribution is -2.20. The molecule has 0 atom stereocenters. The number of nitrogens with zero attached hydrogens (tertiary/aromatic N) is 3. The summed E-state index contributed by atoms with van der Waals surface area (Å²) in [5.41, 5.74) is 12.5. The minimum absolute atomic E-state index is 0.236. The summed E-state index contributed by atoms with van der Waals surface area (Å²) in [7, 11) is 9.70. The fraction of sp³-hybridized carbons (Fsp3) is 0.143. The SMILES string of the molecule is [B]c1cc(C(=O)NN=N)c2[nH]c3cc(N(C)C)ccc3c2n1. The summed E-state index contributed by atoms with van der Waals surface area (Å²) < 4.78 is 0. The first-order valence-corrected chi connectivity index (χ1v) is 6.57. The zero-order chi connectivity index (χ0) is 15.9. The number of carbonyl (C=O) groups excluding carboxylic acids is 1. The van der Waals surface area contributed by atoms with Gasteiger partial charge in [0.2, 0.25) is 0 Å². The second-order valence-corrected chi connectivity index (χ2v) is 5.12. The van der Waals surface area contributed by atoms with Gasteiger partial charge in [-0.25, -0.2) is 5.43 Å². The fourth-order valence-electron chi connectivity index (χ4n) is 2.43. The molecular formula is C14H13BN6O. The van der Waals surface area contributed by atoms with Gasteiger partial charge in [0.25, 0.3) is 5.91 Å². The quantitative estimate of drug-likeness (QED) is 0.385. The Labute approximate surface area is 127 Å². The number of aromatic amines is 1. The van der Waals surface area contributed by atoms with E-state index < -0.39 is 5.91 Å². The van der Waals surface area contributed by atoms with Crippen LogP contribution in [-0.2, 0) is 0 Å². The number of carbonyl (C=O) groups is 1. The van der Waals surface area contributed by atoms with E-state index in [-0.39, 0.29) is 5.59 Å². The highest BCUT2D eigenvalue weighted by molar-refractivity contribution is 6.32. The van der Waals surface area contributed by atoms with Crippen LogP contribution in [0.4, 0.5) is 5.69 Å². The Bertz CT molecular complexity index is 901. The number of amides is 1. The van der Waals surface area contributed by atoms with Crippen LogP contribution in [-0.4, -0.2) is 37.8 Å². The normalized spacial score (nSPS) is 10.8. The van der Waals surface area contributed by atoms with E-state index in [0.717, 1.165) is 16.6 Å². The van der Waals surface area contributed by atoms with Crippen LogP contribution in [0.2, 0.25) is 0 Å². The van der Waals surface area contributed by atoms with Crippen molar-refractivity contribution in [3.05, 3.63) is 29.8 Å². The molecule has 7 nitrogen and oxygen atoms in total. The first-order valence-electron chi connectivity index (χ1n) is 6.57. The number of benzene rings is 1. The number of rotatable bonds is 3. The van der Waals surface area contributed by atoms with E-state index in [1.165, 1.54) is 6.07 Å². The molecule has 2 radical (unpaired) electrons. The topological polar surface area (TPSA) is 97.2 Å². The Balaban J connectivity index is 2.32. The van der Waals surface area contributed by atoms with Gasteiger partial charge in [-0.3, -0.25) is 9.78 Å². The Morgan fingerprint density at radius 1 is 1.41 bits per heavy atom. The van der Waals surface area contributed by atoms with Gasteiger partial charge >= 0.3 is 0 Å². The smallest absolute Gasteiger partial charge is 0.274 e. The summed E-state index contributed by atoms with van der Waals surface area (Å²) in [6.45, 7) is 0. The van der Waals surface area contributed by atoms with E-state index in [9.17, 15) is 4.79 Å². The van der Waals surface area contributed by atoms with Crippen molar-refractivity contribution < 1.29 is 4.79 Å². The molecule has 0 unspecified atom stereocenters. The lowest BCUT2D eigenvalue weighted by Gasteiger charge is -2.11. The number of fused-ring (bicyclic) bond motifs is 3. The van der Waals surface area contributed by atoms with Crippen LogP contribution in [0.1, 0.15) is 10.4 Å². The van der Waals surface area contributed by atoms with Gasteiger partial charge in [0, 0.05) is 25.2 Å². The predicted molar refractivity (Wildman–Crippen MR) is 85.9 cm³/mol. The minimum atomic E-state index is -0.506. The summed E-state index contributed by atoms with van der Waals surface area (Å²) in [5.74, 6) is -0.506. The van der Waals surface area contributed by atoms with Crippen LogP contribution in [0.3, 0.4) is 0 Å². The van der Waals surface area contributed by atoms with Gasteiger partial charge in [-0.15, -0.1) is 0 Å². The maximum absolute atomic E-state index is 12.0. The van der Waals surface area contributed by atoms with Gasteiger partial charge < -0.3 is 9.88 Å². The van der Waals surface area contributed by atoms with Crippen LogP contribution < -0.4 is 15.9 Å². The lowest BCUT2D eigenvalue weighted by atomic mass is 10.00. The molecule has 0 aliphatic heterocycles. The van der Waals surface area contributed by atoms with E-state index in [4.69, 9.17) is 13.4 Å². The predicted octanol–water partition coefficient (Wildman–Crippen LogP) is 1.25. The highest BCUT2D eigenvalue weighted by Crippen LogP contribution is 2.28. The van der Waals surface area contributed by atoms with Crippen molar-refractivity contribution in [3.8, 4) is 0 Å². The summed E-state index contributed by atoms with van der Waals surface area (Å²) in [4.78, 5) is 21.5. The summed E-state index contributed by atoms with van der Waals surface area (Å²) in [6, 6.07) is 7.35. The number of nitrogens with one attached hydrogen (secondary N) is 3. The van der Waals surface area contributed by atoms with Gasteiger partial charge in [0.1, 0.15) is 7.85 Å². The Morgan fingerprint density at radius 2 is 2.18 bits per heavy atom. The number of anilines is 1. The molecule has 0 saturated heterocycles. The molecule has 0 bridgehead atoms. The molecule has 1 amide bonds. The van der Waals surface area contributed by atoms with Crippen LogP contribution in [0.25, 0.3) is 21.9 Å². The zero-order valence-corrected chi connectivity index (χ0v) is 12.1. The second kappa shape index (κ2) is 5.14. The lowest BCUT2D eigenvalue weighted by molar-refractivity contribution is 0.0952. The van der Waals surface area contributed by atoms with Crippen molar-refractivity contribution >= 4 is 47.0 Å². The molecule has 1 aromatic carbocycles. The molecule has 2 aromatic heterocycles. The van der Waals surface area contributed by atoms with Crippen LogP contribution in [0.5, 0.6) is 0 Å². The van der Waals surface area contributed by atoms with Crippen molar-refractivity contribution in [2.45, 2.75) is 0 Å². The number of H-pyrrole nitrogens is 1. The van der Waals surface area contributed by atoms with Gasteiger partial charge in [0.15, 0.2) is 0 Å². The summed E-state index contributed by atoms with van der Waals surface area (Å²) in [5, 5.41) is 3.79. The molecule has 2 heterocycles. The minimum Gasteiger partial charge on any atom is -0.378 e.